The van der Waals surface area contributed by atoms with Crippen LogP contribution in [0.4, 0.5) is 5.69 Å². The summed E-state index contributed by atoms with van der Waals surface area (Å²) in [6.45, 7) is 5.51. The molecule has 1 N–H and O–H groups in total. The summed E-state index contributed by atoms with van der Waals surface area (Å²) in [7, 11) is 0. The highest BCUT2D eigenvalue weighted by Crippen LogP contribution is 2.28. The van der Waals surface area contributed by atoms with Crippen LogP contribution in [0.15, 0.2) is 24.3 Å². The molecule has 19 heavy (non-hydrogen) atoms. The molecule has 1 heterocycles. The van der Waals surface area contributed by atoms with Crippen molar-refractivity contribution < 1.29 is 9.90 Å². The number of carbonyl (C=O) groups excluding carboxylic acids is 1. The lowest BCUT2D eigenvalue weighted by Crippen LogP contribution is -2.29. The molecular weight excluding hydrogens is 238 g/mol. The first-order valence-electron chi connectivity index (χ1n) is 7.13. The number of Topliss-reactive ketones (excluding diaryl/α,β-unsaturated/α-hetero) is 1. The number of rotatable bonds is 3. The topological polar surface area (TPSA) is 40.5 Å². The Morgan fingerprint density at radius 2 is 2.05 bits per heavy atom. The quantitative estimate of drug-likeness (QED) is 0.850. The predicted octanol–water partition coefficient (Wildman–Crippen LogP) is 3.02. The van der Waals surface area contributed by atoms with E-state index in [2.05, 4.69) is 4.90 Å². The predicted molar refractivity (Wildman–Crippen MR) is 77.8 cm³/mol. The van der Waals surface area contributed by atoms with Gasteiger partial charge in [-0.2, -0.15) is 0 Å². The molecule has 1 saturated heterocycles. The summed E-state index contributed by atoms with van der Waals surface area (Å²) >= 11 is 0. The van der Waals surface area contributed by atoms with Crippen molar-refractivity contribution in [2.24, 2.45) is 0 Å². The van der Waals surface area contributed by atoms with Gasteiger partial charge in [0.05, 0.1) is 5.60 Å². The van der Waals surface area contributed by atoms with Crippen LogP contribution in [-0.4, -0.2) is 29.6 Å². The van der Waals surface area contributed by atoms with E-state index in [-0.39, 0.29) is 5.78 Å². The molecule has 2 rings (SSSR count). The highest BCUT2D eigenvalue weighted by molar-refractivity contribution is 6.01. The summed E-state index contributed by atoms with van der Waals surface area (Å²) in [6.07, 6.45) is 3.07. The maximum Gasteiger partial charge on any atom is 0.164 e. The molecule has 1 aromatic carbocycles. The molecule has 1 atom stereocenters. The number of carbonyl (C=O) groups is 1. The van der Waals surface area contributed by atoms with E-state index in [1.807, 2.05) is 38.1 Å². The summed E-state index contributed by atoms with van der Waals surface area (Å²) in [6, 6.07) is 7.82. The molecular formula is C16H23NO2. The van der Waals surface area contributed by atoms with Gasteiger partial charge in [-0.05, 0) is 38.3 Å². The van der Waals surface area contributed by atoms with E-state index in [9.17, 15) is 9.90 Å². The van der Waals surface area contributed by atoms with E-state index >= 15 is 0 Å². The first-order chi connectivity index (χ1) is 9.03. The van der Waals surface area contributed by atoms with E-state index < -0.39 is 5.60 Å². The summed E-state index contributed by atoms with van der Waals surface area (Å²) in [4.78, 5) is 14.3. The Balaban J connectivity index is 2.24. The summed E-state index contributed by atoms with van der Waals surface area (Å²) < 4.78 is 0. The van der Waals surface area contributed by atoms with Crippen molar-refractivity contribution >= 4 is 11.5 Å². The Kier molecular flexibility index (Phi) is 4.25. The molecule has 3 nitrogen and oxygen atoms in total. The van der Waals surface area contributed by atoms with Crippen LogP contribution < -0.4 is 4.90 Å². The second-order valence-corrected chi connectivity index (χ2v) is 5.63. The van der Waals surface area contributed by atoms with Gasteiger partial charge in [-0.3, -0.25) is 4.79 Å². The maximum absolute atomic E-state index is 12.0. The van der Waals surface area contributed by atoms with Crippen molar-refractivity contribution in [2.75, 3.05) is 18.0 Å². The first-order valence-corrected chi connectivity index (χ1v) is 7.13. The number of anilines is 1. The van der Waals surface area contributed by atoms with Crippen LogP contribution in [-0.2, 0) is 0 Å². The second kappa shape index (κ2) is 5.74. The van der Waals surface area contributed by atoms with E-state index in [0.717, 1.165) is 43.6 Å². The average molecular weight is 261 g/mol. The van der Waals surface area contributed by atoms with Crippen molar-refractivity contribution in [1.82, 2.24) is 0 Å². The van der Waals surface area contributed by atoms with Gasteiger partial charge in [-0.1, -0.05) is 19.1 Å². The summed E-state index contributed by atoms with van der Waals surface area (Å²) in [5.74, 6) is 0.187. The van der Waals surface area contributed by atoms with Crippen molar-refractivity contribution in [1.29, 1.82) is 0 Å². The average Bonchev–Trinajstić information content (AvgIpc) is 2.59. The van der Waals surface area contributed by atoms with Crippen molar-refractivity contribution in [2.45, 2.75) is 45.1 Å². The first kappa shape index (κ1) is 14.1. The summed E-state index contributed by atoms with van der Waals surface area (Å²) in [5.41, 5.74) is 1.26. The number of ketones is 1. The highest BCUT2D eigenvalue weighted by Gasteiger charge is 2.26. The van der Waals surface area contributed by atoms with Crippen LogP contribution in [0.25, 0.3) is 0 Å². The van der Waals surface area contributed by atoms with Gasteiger partial charge in [0.25, 0.3) is 0 Å². The lowest BCUT2D eigenvalue weighted by molar-refractivity contribution is 0.0481. The van der Waals surface area contributed by atoms with Gasteiger partial charge in [0.1, 0.15) is 0 Å². The minimum absolute atomic E-state index is 0.187. The Bertz CT molecular complexity index is 454. The second-order valence-electron chi connectivity index (χ2n) is 5.63. The Morgan fingerprint density at radius 1 is 1.32 bits per heavy atom. The van der Waals surface area contributed by atoms with E-state index in [1.54, 1.807) is 0 Å². The third kappa shape index (κ3) is 3.35. The molecule has 0 saturated carbocycles. The normalized spacial score (nSPS) is 24.1. The fourth-order valence-electron chi connectivity index (χ4n) is 2.68. The molecule has 1 aliphatic rings. The molecule has 0 radical (unpaired) electrons. The van der Waals surface area contributed by atoms with Crippen molar-refractivity contribution in [3.8, 4) is 0 Å². The number of hydrogen-bond donors (Lipinski definition) is 1. The largest absolute Gasteiger partial charge is 0.390 e. The smallest absolute Gasteiger partial charge is 0.164 e. The third-order valence-electron chi connectivity index (χ3n) is 3.93. The Hall–Kier alpha value is -1.35. The van der Waals surface area contributed by atoms with Gasteiger partial charge in [0, 0.05) is 30.8 Å². The fourth-order valence-corrected chi connectivity index (χ4v) is 2.68. The van der Waals surface area contributed by atoms with Gasteiger partial charge in [-0.25, -0.2) is 0 Å². The highest BCUT2D eigenvalue weighted by atomic mass is 16.3. The van der Waals surface area contributed by atoms with Crippen molar-refractivity contribution in [3.05, 3.63) is 29.8 Å². The molecule has 0 aliphatic carbocycles. The molecule has 0 amide bonds. The van der Waals surface area contributed by atoms with Crippen LogP contribution in [0.1, 0.15) is 49.9 Å². The monoisotopic (exact) mass is 261 g/mol. The molecule has 0 aromatic heterocycles. The van der Waals surface area contributed by atoms with E-state index in [1.165, 1.54) is 0 Å². The minimum atomic E-state index is -0.571. The Labute approximate surface area is 115 Å². The molecule has 1 aliphatic heterocycles. The zero-order chi connectivity index (χ0) is 13.9. The lowest BCUT2D eigenvalue weighted by Gasteiger charge is -2.26. The van der Waals surface area contributed by atoms with E-state index in [4.69, 9.17) is 0 Å². The standard InChI is InChI=1S/C16H23NO2/c1-3-15(18)13-7-4-5-8-14(13)17-11-6-9-16(2,19)10-12-17/h4-5,7-8,19H,3,6,9-12H2,1-2H3. The molecule has 1 aromatic rings. The number of benzene rings is 1. The van der Waals surface area contributed by atoms with Gasteiger partial charge in [0.15, 0.2) is 5.78 Å². The minimum Gasteiger partial charge on any atom is -0.390 e. The zero-order valence-electron chi connectivity index (χ0n) is 11.9. The Morgan fingerprint density at radius 3 is 2.79 bits per heavy atom. The summed E-state index contributed by atoms with van der Waals surface area (Å²) in [5, 5.41) is 10.2. The van der Waals surface area contributed by atoms with Gasteiger partial charge in [0.2, 0.25) is 0 Å². The molecule has 1 fully saturated rings. The lowest BCUT2D eigenvalue weighted by atomic mass is 9.98. The number of nitrogens with zero attached hydrogens (tertiary/aromatic N) is 1. The van der Waals surface area contributed by atoms with E-state index in [0.29, 0.717) is 6.42 Å². The number of aliphatic hydroxyl groups is 1. The third-order valence-corrected chi connectivity index (χ3v) is 3.93. The molecule has 1 unspecified atom stereocenters. The maximum atomic E-state index is 12.0. The van der Waals surface area contributed by atoms with Crippen LogP contribution in [0.3, 0.4) is 0 Å². The number of para-hydroxylation sites is 1. The fraction of sp³-hybridized carbons (Fsp3) is 0.562. The van der Waals surface area contributed by atoms with Gasteiger partial charge < -0.3 is 10.0 Å². The van der Waals surface area contributed by atoms with Gasteiger partial charge in [-0.15, -0.1) is 0 Å². The van der Waals surface area contributed by atoms with Crippen LogP contribution >= 0.6 is 0 Å². The number of hydrogen-bond acceptors (Lipinski definition) is 3. The molecule has 0 spiro atoms. The SMILES string of the molecule is CCC(=O)c1ccccc1N1CCCC(C)(O)CC1. The van der Waals surface area contributed by atoms with Crippen LogP contribution in [0.2, 0.25) is 0 Å². The molecule has 0 bridgehead atoms. The van der Waals surface area contributed by atoms with Crippen LogP contribution in [0.5, 0.6) is 0 Å². The van der Waals surface area contributed by atoms with Gasteiger partial charge >= 0.3 is 0 Å². The molecule has 3 heteroatoms. The molecule has 104 valence electrons. The van der Waals surface area contributed by atoms with Crippen LogP contribution in [0, 0.1) is 0 Å². The van der Waals surface area contributed by atoms with Crippen molar-refractivity contribution in [3.63, 3.8) is 0 Å². The zero-order valence-corrected chi connectivity index (χ0v) is 11.9.